The van der Waals surface area contributed by atoms with E-state index in [9.17, 15) is 18.4 Å². The number of likely N-dealkylation sites (tertiary alicyclic amines) is 1. The number of hydrogen-bond donors (Lipinski definition) is 1. The molecule has 0 radical (unpaired) electrons. The number of allylic oxidation sites excluding steroid dienone is 4. The van der Waals surface area contributed by atoms with Gasteiger partial charge in [-0.05, 0) is 108 Å². The molecule has 1 aromatic rings. The van der Waals surface area contributed by atoms with Crippen LogP contribution in [0.2, 0.25) is 0 Å². The molecule has 7 heteroatoms. The number of rotatable bonds is 9. The zero-order valence-corrected chi connectivity index (χ0v) is 23.0. The van der Waals surface area contributed by atoms with E-state index in [1.165, 1.54) is 44.7 Å². The summed E-state index contributed by atoms with van der Waals surface area (Å²) in [5.74, 6) is -1.13. The van der Waals surface area contributed by atoms with Crippen LogP contribution in [0.15, 0.2) is 48.1 Å². The van der Waals surface area contributed by atoms with Crippen LogP contribution in [-0.4, -0.2) is 49.3 Å². The van der Waals surface area contributed by atoms with Gasteiger partial charge in [0.25, 0.3) is 0 Å². The fourth-order valence-electron chi connectivity index (χ4n) is 5.37. The van der Waals surface area contributed by atoms with E-state index in [0.717, 1.165) is 37.4 Å². The predicted molar refractivity (Wildman–Crippen MR) is 149 cm³/mol. The van der Waals surface area contributed by atoms with Crippen molar-refractivity contribution in [2.75, 3.05) is 32.1 Å². The number of nitrogens with zero attached hydrogens (tertiary/aromatic N) is 1. The van der Waals surface area contributed by atoms with Crippen LogP contribution in [0, 0.1) is 11.8 Å². The number of alkyl halides is 2. The summed E-state index contributed by atoms with van der Waals surface area (Å²) in [6.45, 7) is 4.90. The van der Waals surface area contributed by atoms with Crippen molar-refractivity contribution in [2.45, 2.75) is 83.5 Å². The zero-order chi connectivity index (χ0) is 27.4. The smallest absolute Gasteiger partial charge is 0.248 e. The normalized spacial score (nSPS) is 20.2. The van der Waals surface area contributed by atoms with E-state index < -0.39 is 5.92 Å². The van der Waals surface area contributed by atoms with Gasteiger partial charge in [0, 0.05) is 30.9 Å². The Balaban J connectivity index is 0.000000304. The number of hydrogen-bond acceptors (Lipinski definition) is 4. The van der Waals surface area contributed by atoms with Crippen LogP contribution >= 0.6 is 0 Å². The van der Waals surface area contributed by atoms with Crippen molar-refractivity contribution in [3.8, 4) is 5.75 Å². The highest BCUT2D eigenvalue weighted by Gasteiger charge is 2.36. The molecule has 3 aliphatic rings. The van der Waals surface area contributed by atoms with E-state index in [-0.39, 0.29) is 30.4 Å². The lowest BCUT2D eigenvalue weighted by Crippen LogP contribution is -2.35. The third kappa shape index (κ3) is 10.7. The van der Waals surface area contributed by atoms with Crippen LogP contribution in [0.5, 0.6) is 5.75 Å². The molecule has 1 saturated heterocycles. The van der Waals surface area contributed by atoms with Gasteiger partial charge >= 0.3 is 0 Å². The first kappa shape index (κ1) is 30.0. The number of methoxy groups -OCH3 is 1. The van der Waals surface area contributed by atoms with Crippen molar-refractivity contribution in [2.24, 2.45) is 11.8 Å². The molecule has 4 rings (SSSR count). The largest absolute Gasteiger partial charge is 0.497 e. The molecule has 0 unspecified atom stereocenters. The second kappa shape index (κ2) is 15.2. The molecule has 0 spiro atoms. The molecule has 2 fully saturated rings. The van der Waals surface area contributed by atoms with E-state index in [1.807, 2.05) is 24.3 Å². The average Bonchev–Trinajstić information content (AvgIpc) is 2.91. The number of ketones is 1. The summed E-state index contributed by atoms with van der Waals surface area (Å²) in [6.07, 6.45) is 15.2. The lowest BCUT2D eigenvalue weighted by molar-refractivity contribution is -0.124. The van der Waals surface area contributed by atoms with E-state index in [2.05, 4.69) is 28.4 Å². The molecule has 38 heavy (non-hydrogen) atoms. The molecule has 0 bridgehead atoms. The van der Waals surface area contributed by atoms with Gasteiger partial charge in [0.1, 0.15) is 11.5 Å². The molecule has 1 amide bonds. The Kier molecular flexibility index (Phi) is 12.0. The summed E-state index contributed by atoms with van der Waals surface area (Å²) < 4.78 is 30.2. The van der Waals surface area contributed by atoms with Crippen LogP contribution in [0.3, 0.4) is 0 Å². The second-order valence-electron chi connectivity index (χ2n) is 10.9. The standard InChI is InChI=1S/C23H32N2O2.C8H12F2O/c1-27-22-11-9-21(10-12-22)24-23(26)18-20-13-16-25(17-14-20)15-5-8-19-6-3-2-4-7-19;1-6(11)7-2-4-8(9,10)5-3-7/h3,6-7,9-12,20H,2,4-5,8,13-18H2,1H3,(H,24,26);7H,2-5H2,1H3. The van der Waals surface area contributed by atoms with Gasteiger partial charge in [-0.15, -0.1) is 0 Å². The van der Waals surface area contributed by atoms with Crippen molar-refractivity contribution in [1.29, 1.82) is 0 Å². The highest BCUT2D eigenvalue weighted by Crippen LogP contribution is 2.36. The molecule has 1 aromatic carbocycles. The topological polar surface area (TPSA) is 58.6 Å². The molecular formula is C31H44F2N2O3. The number of nitrogens with one attached hydrogen (secondary N) is 1. The van der Waals surface area contributed by atoms with Crippen LogP contribution in [0.1, 0.15) is 77.6 Å². The lowest BCUT2D eigenvalue weighted by Gasteiger charge is -2.31. The van der Waals surface area contributed by atoms with Gasteiger partial charge in [-0.2, -0.15) is 0 Å². The van der Waals surface area contributed by atoms with E-state index in [4.69, 9.17) is 4.74 Å². The predicted octanol–water partition coefficient (Wildman–Crippen LogP) is 7.19. The fourth-order valence-corrected chi connectivity index (χ4v) is 5.37. The first-order chi connectivity index (χ1) is 18.2. The molecule has 1 heterocycles. The number of anilines is 1. The fraction of sp³-hybridized carbons (Fsp3) is 0.613. The van der Waals surface area contributed by atoms with Crippen molar-refractivity contribution in [3.05, 3.63) is 48.1 Å². The Morgan fingerprint density at radius 3 is 2.32 bits per heavy atom. The number of amides is 1. The number of Topliss-reactive ketones (excluding diaryl/α,β-unsaturated/α-hetero) is 1. The Labute approximate surface area is 226 Å². The molecule has 5 nitrogen and oxygen atoms in total. The summed E-state index contributed by atoms with van der Waals surface area (Å²) >= 11 is 0. The molecule has 0 aromatic heterocycles. The molecule has 210 valence electrons. The quantitative estimate of drug-likeness (QED) is 0.367. The zero-order valence-electron chi connectivity index (χ0n) is 23.0. The molecular weight excluding hydrogens is 486 g/mol. The van der Waals surface area contributed by atoms with E-state index in [1.54, 1.807) is 7.11 Å². The second-order valence-corrected chi connectivity index (χ2v) is 10.9. The maximum atomic E-state index is 12.5. The monoisotopic (exact) mass is 530 g/mol. The molecule has 0 atom stereocenters. The third-order valence-electron chi connectivity index (χ3n) is 7.86. The summed E-state index contributed by atoms with van der Waals surface area (Å²) in [5, 5.41) is 3.00. The van der Waals surface area contributed by atoms with Crippen molar-refractivity contribution in [3.63, 3.8) is 0 Å². The minimum atomic E-state index is -2.51. The van der Waals surface area contributed by atoms with Gasteiger partial charge in [-0.1, -0.05) is 23.8 Å². The average molecular weight is 531 g/mol. The summed E-state index contributed by atoms with van der Waals surface area (Å²) in [7, 11) is 1.64. The number of piperidine rings is 1. The maximum Gasteiger partial charge on any atom is 0.248 e. The van der Waals surface area contributed by atoms with E-state index in [0.29, 0.717) is 25.2 Å². The first-order valence-electron chi connectivity index (χ1n) is 14.1. The highest BCUT2D eigenvalue weighted by molar-refractivity contribution is 5.90. The minimum absolute atomic E-state index is 0.0560. The summed E-state index contributed by atoms with van der Waals surface area (Å²) in [6, 6.07) is 7.51. The Bertz CT molecular complexity index is 940. The summed E-state index contributed by atoms with van der Waals surface area (Å²) in [4.78, 5) is 25.6. The number of benzene rings is 1. The lowest BCUT2D eigenvalue weighted by atomic mass is 9.85. The SMILES string of the molecule is CC(=O)C1CCC(F)(F)CC1.COc1ccc(NC(=O)CC2CCN(CCCC3=CCCC=C3)CC2)cc1. The molecule has 1 saturated carbocycles. The van der Waals surface area contributed by atoms with Gasteiger partial charge in [0.2, 0.25) is 11.8 Å². The maximum absolute atomic E-state index is 12.5. The van der Waals surface area contributed by atoms with Gasteiger partial charge in [-0.25, -0.2) is 8.78 Å². The minimum Gasteiger partial charge on any atom is -0.497 e. The van der Waals surface area contributed by atoms with Crippen LogP contribution in [0.25, 0.3) is 0 Å². The molecule has 1 N–H and O–H groups in total. The Morgan fingerprint density at radius 2 is 1.74 bits per heavy atom. The van der Waals surface area contributed by atoms with Gasteiger partial charge in [0.15, 0.2) is 0 Å². The van der Waals surface area contributed by atoms with E-state index >= 15 is 0 Å². The number of ether oxygens (including phenoxy) is 1. The first-order valence-corrected chi connectivity index (χ1v) is 14.1. The number of carbonyl (C=O) groups excluding carboxylic acids is 2. The van der Waals surface area contributed by atoms with Crippen molar-refractivity contribution < 1.29 is 23.1 Å². The molecule has 2 aliphatic carbocycles. The molecule has 1 aliphatic heterocycles. The van der Waals surface area contributed by atoms with Crippen molar-refractivity contribution in [1.82, 2.24) is 4.90 Å². The van der Waals surface area contributed by atoms with Crippen molar-refractivity contribution >= 4 is 17.4 Å². The number of carbonyl (C=O) groups is 2. The van der Waals surface area contributed by atoms with Gasteiger partial charge < -0.3 is 15.0 Å². The number of halogens is 2. The van der Waals surface area contributed by atoms with Crippen LogP contribution in [-0.2, 0) is 9.59 Å². The highest BCUT2D eigenvalue weighted by atomic mass is 19.3. The van der Waals surface area contributed by atoms with Gasteiger partial charge in [-0.3, -0.25) is 9.59 Å². The van der Waals surface area contributed by atoms with Crippen LogP contribution in [0.4, 0.5) is 14.5 Å². The van der Waals surface area contributed by atoms with Crippen LogP contribution < -0.4 is 10.1 Å². The van der Waals surface area contributed by atoms with Gasteiger partial charge in [0.05, 0.1) is 7.11 Å². The Morgan fingerprint density at radius 1 is 1.05 bits per heavy atom. The third-order valence-corrected chi connectivity index (χ3v) is 7.86. The summed E-state index contributed by atoms with van der Waals surface area (Å²) in [5.41, 5.74) is 2.34. The Hall–Kier alpha value is -2.54.